The van der Waals surface area contributed by atoms with Crippen LogP contribution in [0.3, 0.4) is 0 Å². The van der Waals surface area contributed by atoms with Gasteiger partial charge < -0.3 is 23.9 Å². The maximum atomic E-state index is 12.8. The molecule has 0 amide bonds. The van der Waals surface area contributed by atoms with Crippen molar-refractivity contribution in [2.24, 2.45) is 36.8 Å². The molecule has 57 heavy (non-hydrogen) atoms. The number of fused-ring (bicyclic) bond motifs is 6. The number of rotatable bonds is 2. The number of allylic oxidation sites excluding steroid dienone is 2. The average Bonchev–Trinajstić information content (AvgIpc) is 3.95. The highest BCUT2D eigenvalue weighted by Gasteiger charge is 2.61. The summed E-state index contributed by atoms with van der Waals surface area (Å²) in [5, 5.41) is 24.7. The van der Waals surface area contributed by atoms with E-state index in [9.17, 15) is 9.59 Å². The van der Waals surface area contributed by atoms with Crippen LogP contribution in [0.5, 0.6) is 0 Å². The smallest absolute Gasteiger partial charge is 0.282 e. The van der Waals surface area contributed by atoms with Crippen molar-refractivity contribution in [1.29, 1.82) is 0 Å². The molecule has 0 radical (unpaired) electrons. The molecule has 4 aliphatic rings. The third-order valence-corrected chi connectivity index (χ3v) is 12.5. The molecule has 1 saturated carbocycles. The van der Waals surface area contributed by atoms with Crippen LogP contribution in [0.1, 0.15) is 111 Å². The largest absolute Gasteiger partial charge is 0.332 e. The molecule has 1 fully saturated rings. The average molecular weight is 786 g/mol. The molecule has 4 aromatic heterocycles. The minimum absolute atomic E-state index is 0. The SMILES string of the molecule is C.CNO.[3H]C.[C-]#[N+]C1=C[C@]2(C)c3nn(C)c(-c4nc(C)no4)c3CC[C@H]2C(C)(C)C1=O.[C-]#[N+]C1C[C@]2(C)c3nn(C)c(-c4nc(C)no4)c3CC[C@H]2C(C)(C)C1=O. The van der Waals surface area contributed by atoms with Crippen molar-refractivity contribution in [2.45, 2.75) is 119 Å². The number of ketones is 2. The Labute approximate surface area is 336 Å². The van der Waals surface area contributed by atoms with E-state index in [1.807, 2.05) is 52.5 Å². The number of hydroxylamine groups is 1. The molecule has 16 heteroatoms. The Morgan fingerprint density at radius 3 is 1.79 bits per heavy atom. The maximum Gasteiger partial charge on any atom is 0.282 e. The zero-order valence-electron chi connectivity index (χ0n) is 35.4. The fourth-order valence-electron chi connectivity index (χ4n) is 10.1. The van der Waals surface area contributed by atoms with E-state index in [2.05, 4.69) is 43.8 Å². The summed E-state index contributed by atoms with van der Waals surface area (Å²) in [6.45, 7) is 30.7. The van der Waals surface area contributed by atoms with Gasteiger partial charge in [0.2, 0.25) is 11.5 Å². The van der Waals surface area contributed by atoms with Crippen LogP contribution in [-0.2, 0) is 47.4 Å². The van der Waals surface area contributed by atoms with E-state index >= 15 is 0 Å². The lowest BCUT2D eigenvalue weighted by Crippen LogP contribution is -2.56. The van der Waals surface area contributed by atoms with E-state index in [4.69, 9.17) is 39.0 Å². The summed E-state index contributed by atoms with van der Waals surface area (Å²) in [5.74, 6) is 2.37. The lowest BCUT2D eigenvalue weighted by atomic mass is 9.50. The number of nitrogens with one attached hydrogen (secondary N) is 1. The Morgan fingerprint density at radius 1 is 0.860 bits per heavy atom. The van der Waals surface area contributed by atoms with Crippen LogP contribution in [0, 0.1) is 49.7 Å². The molecule has 0 bridgehead atoms. The summed E-state index contributed by atoms with van der Waals surface area (Å²) >= 11 is 0. The van der Waals surface area contributed by atoms with Gasteiger partial charge >= 0.3 is 0 Å². The molecule has 8 rings (SSSR count). The van der Waals surface area contributed by atoms with Crippen LogP contribution >= 0.6 is 0 Å². The Bertz CT molecular complexity index is 2300. The number of aryl methyl sites for hydroxylation is 4. The van der Waals surface area contributed by atoms with Gasteiger partial charge in [0.05, 0.1) is 18.0 Å². The second-order valence-electron chi connectivity index (χ2n) is 16.6. The predicted molar refractivity (Wildman–Crippen MR) is 212 cm³/mol. The van der Waals surface area contributed by atoms with Gasteiger partial charge in [-0.15, -0.1) is 0 Å². The lowest BCUT2D eigenvalue weighted by molar-refractivity contribution is -0.137. The molecule has 0 spiro atoms. The van der Waals surface area contributed by atoms with E-state index < -0.39 is 22.3 Å². The quantitative estimate of drug-likeness (QED) is 0.161. The van der Waals surface area contributed by atoms with Gasteiger partial charge in [0, 0.05) is 61.7 Å². The van der Waals surface area contributed by atoms with Gasteiger partial charge in [0.15, 0.2) is 17.4 Å². The third-order valence-electron chi connectivity index (χ3n) is 12.5. The summed E-state index contributed by atoms with van der Waals surface area (Å²) in [5.41, 5.74) is 5.80. The highest BCUT2D eigenvalue weighted by atomic mass is 16.5. The van der Waals surface area contributed by atoms with Crippen LogP contribution in [0.25, 0.3) is 32.9 Å². The van der Waals surface area contributed by atoms with E-state index in [1.165, 1.54) is 14.5 Å². The van der Waals surface area contributed by atoms with Crippen LogP contribution in [0.2, 0.25) is 0 Å². The second-order valence-corrected chi connectivity index (χ2v) is 16.6. The minimum atomic E-state index is -0.603. The molecule has 4 aromatic rings. The zero-order valence-corrected chi connectivity index (χ0v) is 34.4. The molecular formula is C41H57N11O5. The molecule has 1 unspecified atom stereocenters. The molecule has 2 N–H and O–H groups in total. The van der Waals surface area contributed by atoms with Gasteiger partial charge in [-0.05, 0) is 51.4 Å². The third kappa shape index (κ3) is 6.82. The first-order chi connectivity index (χ1) is 26.8. The van der Waals surface area contributed by atoms with Crippen molar-refractivity contribution in [2.75, 3.05) is 7.05 Å². The van der Waals surface area contributed by atoms with Gasteiger partial charge in [-0.1, -0.05) is 72.8 Å². The fourth-order valence-corrected chi connectivity index (χ4v) is 10.1. The number of carbonyl (C=O) groups is 2. The Balaban J connectivity index is 0.000000228. The molecule has 16 nitrogen and oxygen atoms in total. The monoisotopic (exact) mass is 785 g/mol. The van der Waals surface area contributed by atoms with E-state index in [1.54, 1.807) is 24.0 Å². The van der Waals surface area contributed by atoms with Gasteiger partial charge in [-0.25, -0.2) is 16.9 Å². The molecule has 306 valence electrons. The lowest BCUT2D eigenvalue weighted by Gasteiger charge is -2.51. The highest BCUT2D eigenvalue weighted by Crippen LogP contribution is 2.58. The van der Waals surface area contributed by atoms with E-state index in [0.717, 1.165) is 59.6 Å². The number of nitrogens with zero attached hydrogens (tertiary/aromatic N) is 10. The number of aromatic nitrogens is 8. The van der Waals surface area contributed by atoms with Crippen molar-refractivity contribution >= 4 is 11.6 Å². The summed E-state index contributed by atoms with van der Waals surface area (Å²) in [6, 6.07) is -0.603. The Kier molecular flexibility index (Phi) is 11.7. The van der Waals surface area contributed by atoms with Crippen LogP contribution in [-0.4, -0.2) is 69.7 Å². The Morgan fingerprint density at radius 2 is 1.33 bits per heavy atom. The van der Waals surface area contributed by atoms with E-state index in [0.29, 0.717) is 29.9 Å². The summed E-state index contributed by atoms with van der Waals surface area (Å²) < 4.78 is 20.1. The van der Waals surface area contributed by atoms with Gasteiger partial charge in [-0.3, -0.25) is 14.2 Å². The number of Topliss-reactive ketones (excluding diaryl/α,β-unsaturated/α-hetero) is 2. The maximum absolute atomic E-state index is 12.8. The zero-order chi connectivity index (χ0) is 42.4. The molecule has 4 aliphatic carbocycles. The topological polar surface area (TPSA) is 189 Å². The van der Waals surface area contributed by atoms with Gasteiger partial charge in [0.25, 0.3) is 17.8 Å². The van der Waals surface area contributed by atoms with Gasteiger partial charge in [-0.2, -0.15) is 20.2 Å². The molecule has 5 atom stereocenters. The van der Waals surface area contributed by atoms with Crippen molar-refractivity contribution in [3.05, 3.63) is 68.8 Å². The van der Waals surface area contributed by atoms with Crippen LogP contribution in [0.4, 0.5) is 0 Å². The van der Waals surface area contributed by atoms with Crippen LogP contribution in [0.15, 0.2) is 20.8 Å². The van der Waals surface area contributed by atoms with Crippen molar-refractivity contribution < 1.29 is 25.2 Å². The number of hydrogen-bond acceptors (Lipinski definition) is 12. The number of hydrogen-bond donors (Lipinski definition) is 2. The van der Waals surface area contributed by atoms with Crippen molar-refractivity contribution in [3.63, 3.8) is 0 Å². The molecule has 0 saturated heterocycles. The normalized spacial score (nSPS) is 26.2. The molecule has 0 aromatic carbocycles. The minimum Gasteiger partial charge on any atom is -0.332 e. The summed E-state index contributed by atoms with van der Waals surface area (Å²) in [6.07, 6.45) is 5.69. The Hall–Kier alpha value is -5.32. The first kappa shape index (κ1) is 42.8. The summed E-state index contributed by atoms with van der Waals surface area (Å²) in [4.78, 5) is 41.5. The van der Waals surface area contributed by atoms with Crippen molar-refractivity contribution in [1.82, 2.24) is 45.3 Å². The van der Waals surface area contributed by atoms with Crippen molar-refractivity contribution in [3.8, 4) is 23.2 Å². The van der Waals surface area contributed by atoms with Crippen LogP contribution < -0.4 is 5.48 Å². The predicted octanol–water partition coefficient (Wildman–Crippen LogP) is 6.76. The highest BCUT2D eigenvalue weighted by molar-refractivity contribution is 6.02. The molecule has 4 heterocycles. The second kappa shape index (κ2) is 15.6. The number of carbonyl (C=O) groups excluding carboxylic acids is 2. The van der Waals surface area contributed by atoms with Gasteiger partial charge in [0.1, 0.15) is 11.4 Å². The van der Waals surface area contributed by atoms with E-state index in [-0.39, 0.29) is 41.9 Å². The molecule has 0 aliphatic heterocycles. The molecular weight excluding hydrogens is 727 g/mol. The fraction of sp³-hybridized carbons (Fsp3) is 0.610. The standard InChI is InChI=1S/C19H23N5O2.C19H21N5O2.CH5NO.2CH4/c2*1-10-21-17(26-23-10)14-11-7-8-13-18(2,3)16(25)12(20-5)9-19(13,4)15(11)22-24(14)6;1-2-3;;/h12-13H,7-9H2,1-4,6H3;9,13H,7-8H2,1-4,6H3;2-3H,1H3;2*1H4/t12?,13-,19-;13-,19-;;;/m00.../s1/i;;;1T;. The first-order valence-electron chi connectivity index (χ1n) is 19.4. The first-order valence-corrected chi connectivity index (χ1v) is 18.4. The summed E-state index contributed by atoms with van der Waals surface area (Å²) in [7, 11) is 6.43.